The van der Waals surface area contributed by atoms with Crippen molar-refractivity contribution in [3.8, 4) is 11.1 Å². The molecule has 1 aliphatic heterocycles. The number of carbonyl (C=O) groups excluding carboxylic acids is 2. The minimum atomic E-state index is -1.07. The summed E-state index contributed by atoms with van der Waals surface area (Å²) in [7, 11) is 2.01. The summed E-state index contributed by atoms with van der Waals surface area (Å²) in [4.78, 5) is 38.3. The van der Waals surface area contributed by atoms with Gasteiger partial charge in [-0.1, -0.05) is 54.6 Å². The number of aliphatic carboxylic acids is 1. The Morgan fingerprint density at radius 1 is 1.06 bits per heavy atom. The third-order valence-corrected chi connectivity index (χ3v) is 6.83. The van der Waals surface area contributed by atoms with Gasteiger partial charge in [0.25, 0.3) is 0 Å². The van der Waals surface area contributed by atoms with Gasteiger partial charge in [0.1, 0.15) is 6.61 Å². The van der Waals surface area contributed by atoms with E-state index < -0.39 is 17.6 Å². The Kier molecular flexibility index (Phi) is 7.51. The fraction of sp³-hybridized carbons (Fsp3) is 0.370. The smallest absolute Gasteiger partial charge is 0.407 e. The van der Waals surface area contributed by atoms with Gasteiger partial charge in [-0.25, -0.2) is 9.59 Å². The lowest BCUT2D eigenvalue weighted by Gasteiger charge is -2.40. The van der Waals surface area contributed by atoms with Crippen molar-refractivity contribution in [1.82, 2.24) is 15.5 Å². The van der Waals surface area contributed by atoms with Crippen molar-refractivity contribution in [2.24, 2.45) is 0 Å². The number of ether oxygens (including phenoxy) is 1. The maximum Gasteiger partial charge on any atom is 0.407 e. The molecule has 1 fully saturated rings. The highest BCUT2D eigenvalue weighted by Gasteiger charge is 2.38. The van der Waals surface area contributed by atoms with Crippen molar-refractivity contribution in [1.29, 1.82) is 0 Å². The highest BCUT2D eigenvalue weighted by molar-refractivity contribution is 5.81. The van der Waals surface area contributed by atoms with E-state index in [1.165, 1.54) is 6.08 Å². The number of carbonyl (C=O) groups is 3. The minimum Gasteiger partial charge on any atom is -0.478 e. The predicted molar refractivity (Wildman–Crippen MR) is 132 cm³/mol. The molecule has 8 heteroatoms. The van der Waals surface area contributed by atoms with Gasteiger partial charge in [-0.2, -0.15) is 0 Å². The van der Waals surface area contributed by atoms with Crippen LogP contribution in [0.25, 0.3) is 11.1 Å². The van der Waals surface area contributed by atoms with Crippen molar-refractivity contribution < 1.29 is 24.2 Å². The molecule has 2 aromatic rings. The summed E-state index contributed by atoms with van der Waals surface area (Å²) in [6.45, 7) is 1.82. The second-order valence-corrected chi connectivity index (χ2v) is 9.26. The van der Waals surface area contributed by atoms with Crippen molar-refractivity contribution in [2.75, 3.05) is 33.3 Å². The number of hydrogen-bond donors (Lipinski definition) is 3. The van der Waals surface area contributed by atoms with Crippen LogP contribution in [-0.2, 0) is 14.3 Å². The van der Waals surface area contributed by atoms with E-state index in [0.29, 0.717) is 12.8 Å². The second kappa shape index (κ2) is 10.7. The van der Waals surface area contributed by atoms with Gasteiger partial charge in [0, 0.05) is 38.0 Å². The number of rotatable bonds is 8. The Balaban J connectivity index is 1.40. The molecule has 2 amide bonds. The second-order valence-electron chi connectivity index (χ2n) is 9.26. The summed E-state index contributed by atoms with van der Waals surface area (Å²) < 4.78 is 5.73. The van der Waals surface area contributed by atoms with Crippen molar-refractivity contribution in [3.63, 3.8) is 0 Å². The van der Waals surface area contributed by atoms with Gasteiger partial charge in [0.05, 0.1) is 5.54 Å². The lowest BCUT2D eigenvalue weighted by Crippen LogP contribution is -2.56. The van der Waals surface area contributed by atoms with Crippen molar-refractivity contribution >= 4 is 18.0 Å². The average molecular weight is 478 g/mol. The van der Waals surface area contributed by atoms with Gasteiger partial charge < -0.3 is 25.4 Å². The molecule has 2 aromatic carbocycles. The van der Waals surface area contributed by atoms with Crippen LogP contribution in [0.5, 0.6) is 0 Å². The molecule has 35 heavy (non-hydrogen) atoms. The van der Waals surface area contributed by atoms with Crippen LogP contribution in [0.1, 0.15) is 36.3 Å². The Morgan fingerprint density at radius 3 is 2.26 bits per heavy atom. The number of carboxylic acids is 1. The van der Waals surface area contributed by atoms with Crippen LogP contribution in [-0.4, -0.2) is 66.8 Å². The number of fused-ring (bicyclic) bond motifs is 3. The van der Waals surface area contributed by atoms with Crippen LogP contribution in [0.3, 0.4) is 0 Å². The van der Waals surface area contributed by atoms with Gasteiger partial charge in [-0.15, -0.1) is 0 Å². The maximum atomic E-state index is 12.9. The number of likely N-dealkylation sites (tertiary alicyclic amines) is 1. The largest absolute Gasteiger partial charge is 0.478 e. The van der Waals surface area contributed by atoms with Crippen LogP contribution in [0.15, 0.2) is 60.7 Å². The Morgan fingerprint density at radius 2 is 1.66 bits per heavy atom. The summed E-state index contributed by atoms with van der Waals surface area (Å²) in [5.41, 5.74) is 3.90. The molecule has 0 atom stereocenters. The molecule has 1 saturated heterocycles. The van der Waals surface area contributed by atoms with Crippen LogP contribution >= 0.6 is 0 Å². The standard InChI is InChI=1S/C27H31N3O5/c1-30-15-12-27(13-16-30,17-24(31)28-14-6-11-25(32)33)29-26(34)35-18-23-21-9-4-2-7-19(21)20-8-3-5-10-22(20)23/h2-11,23H,12-18H2,1H3,(H,28,31)(H,29,34)(H,32,33)/b11-6+. The molecule has 0 bridgehead atoms. The molecule has 0 spiro atoms. The van der Waals surface area contributed by atoms with E-state index in [4.69, 9.17) is 9.84 Å². The van der Waals surface area contributed by atoms with E-state index in [2.05, 4.69) is 39.8 Å². The monoisotopic (exact) mass is 477 g/mol. The summed E-state index contributed by atoms with van der Waals surface area (Å²) in [6, 6.07) is 16.3. The van der Waals surface area contributed by atoms with Crippen LogP contribution in [0.4, 0.5) is 4.79 Å². The summed E-state index contributed by atoms with van der Waals surface area (Å²) in [5.74, 6) is -1.35. The number of alkyl carbamates (subject to hydrolysis) is 1. The molecule has 0 radical (unpaired) electrons. The molecule has 3 N–H and O–H groups in total. The molecule has 0 aromatic heterocycles. The van der Waals surface area contributed by atoms with Gasteiger partial charge in [0.15, 0.2) is 0 Å². The highest BCUT2D eigenvalue weighted by atomic mass is 16.5. The molecule has 0 saturated carbocycles. The minimum absolute atomic E-state index is 0.0362. The van der Waals surface area contributed by atoms with E-state index in [0.717, 1.165) is 41.4 Å². The Bertz CT molecular complexity index is 1080. The SMILES string of the molecule is CN1CCC(CC(=O)NC/C=C/C(=O)O)(NC(=O)OCC2c3ccccc3-c3ccccc32)CC1. The first-order valence-corrected chi connectivity index (χ1v) is 11.8. The van der Waals surface area contributed by atoms with Crippen LogP contribution in [0.2, 0.25) is 0 Å². The zero-order valence-corrected chi connectivity index (χ0v) is 19.8. The topological polar surface area (TPSA) is 108 Å². The number of nitrogens with zero attached hydrogens (tertiary/aromatic N) is 1. The molecule has 4 rings (SSSR count). The predicted octanol–water partition coefficient (Wildman–Crippen LogP) is 3.14. The Hall–Kier alpha value is -3.65. The molecule has 8 nitrogen and oxygen atoms in total. The Labute approximate surface area is 205 Å². The molecule has 184 valence electrons. The number of piperidine rings is 1. The lowest BCUT2D eigenvalue weighted by molar-refractivity contribution is -0.131. The summed E-state index contributed by atoms with van der Waals surface area (Å²) >= 11 is 0. The van der Waals surface area contributed by atoms with Crippen molar-refractivity contribution in [2.45, 2.75) is 30.7 Å². The number of hydrogen-bond acceptors (Lipinski definition) is 5. The third-order valence-electron chi connectivity index (χ3n) is 6.83. The van der Waals surface area contributed by atoms with E-state index in [9.17, 15) is 14.4 Å². The number of benzene rings is 2. The number of nitrogens with one attached hydrogen (secondary N) is 2. The lowest BCUT2D eigenvalue weighted by atomic mass is 9.84. The zero-order chi connectivity index (χ0) is 24.8. The van der Waals surface area contributed by atoms with Gasteiger partial charge >= 0.3 is 12.1 Å². The van der Waals surface area contributed by atoms with E-state index >= 15 is 0 Å². The maximum absolute atomic E-state index is 12.9. The van der Waals surface area contributed by atoms with Crippen molar-refractivity contribution in [3.05, 3.63) is 71.8 Å². The van der Waals surface area contributed by atoms with E-state index in [1.807, 2.05) is 31.3 Å². The van der Waals surface area contributed by atoms with E-state index in [-0.39, 0.29) is 31.4 Å². The number of amides is 2. The van der Waals surface area contributed by atoms with Gasteiger partial charge in [-0.05, 0) is 42.1 Å². The molecular formula is C27H31N3O5. The summed E-state index contributed by atoms with van der Waals surface area (Å²) in [5, 5.41) is 14.4. The quantitative estimate of drug-likeness (QED) is 0.504. The third kappa shape index (κ3) is 5.89. The zero-order valence-electron chi connectivity index (χ0n) is 19.8. The summed E-state index contributed by atoms with van der Waals surface area (Å²) in [6.07, 6.45) is 3.17. The molecular weight excluding hydrogens is 446 g/mol. The molecule has 1 aliphatic carbocycles. The first-order valence-electron chi connectivity index (χ1n) is 11.8. The first kappa shape index (κ1) is 24.5. The van der Waals surface area contributed by atoms with Crippen LogP contribution in [0, 0.1) is 0 Å². The fourth-order valence-electron chi connectivity index (χ4n) is 4.95. The van der Waals surface area contributed by atoms with Gasteiger partial charge in [-0.3, -0.25) is 4.79 Å². The highest BCUT2D eigenvalue weighted by Crippen LogP contribution is 2.44. The van der Waals surface area contributed by atoms with E-state index in [1.54, 1.807) is 0 Å². The number of carboxylic acid groups (broad SMARTS) is 1. The average Bonchev–Trinajstić information content (AvgIpc) is 3.16. The first-order chi connectivity index (χ1) is 16.9. The van der Waals surface area contributed by atoms with Gasteiger partial charge in [0.2, 0.25) is 5.91 Å². The normalized spacial score (nSPS) is 16.9. The molecule has 1 heterocycles. The fourth-order valence-corrected chi connectivity index (χ4v) is 4.95. The van der Waals surface area contributed by atoms with Crippen LogP contribution < -0.4 is 10.6 Å². The molecule has 0 unspecified atom stereocenters. The molecule has 2 aliphatic rings.